The van der Waals surface area contributed by atoms with Crippen LogP contribution >= 0.6 is 8.58 Å². The van der Waals surface area contributed by atoms with Crippen molar-refractivity contribution in [3.63, 3.8) is 0 Å². The van der Waals surface area contributed by atoms with E-state index in [2.05, 4.69) is 5.32 Å². The maximum Gasteiger partial charge on any atom is 0.0107 e. The van der Waals surface area contributed by atoms with Crippen molar-refractivity contribution in [3.8, 4) is 0 Å². The van der Waals surface area contributed by atoms with Crippen LogP contribution in [0, 0.1) is 0 Å². The van der Waals surface area contributed by atoms with Gasteiger partial charge in [-0.15, -0.1) is 8.58 Å². The molecule has 8 heavy (non-hydrogen) atoms. The van der Waals surface area contributed by atoms with E-state index in [1.165, 1.54) is 33.7 Å². The third-order valence-corrected chi connectivity index (χ3v) is 3.68. The Morgan fingerprint density at radius 2 is 1.75 bits per heavy atom. The summed E-state index contributed by atoms with van der Waals surface area (Å²) in [5, 5.41) is 3.60. The third-order valence-electron chi connectivity index (χ3n) is 2.12. The molecule has 2 bridgehead atoms. The van der Waals surface area contributed by atoms with Gasteiger partial charge in [-0.1, -0.05) is 0 Å². The lowest BCUT2D eigenvalue weighted by molar-refractivity contribution is 0.588. The molecule has 46 valence electrons. The predicted molar refractivity (Wildman–Crippen MR) is 38.0 cm³/mol. The van der Waals surface area contributed by atoms with Crippen LogP contribution < -0.4 is 5.32 Å². The maximum atomic E-state index is 3.60. The molecule has 0 amide bonds. The minimum absolute atomic E-state index is 0.923. The van der Waals surface area contributed by atoms with Crippen molar-refractivity contribution in [2.24, 2.45) is 0 Å². The van der Waals surface area contributed by atoms with Crippen LogP contribution in [0.2, 0.25) is 0 Å². The summed E-state index contributed by atoms with van der Waals surface area (Å²) < 4.78 is 0. The van der Waals surface area contributed by atoms with Crippen LogP contribution in [-0.2, 0) is 0 Å². The van der Waals surface area contributed by atoms with E-state index in [0.29, 0.717) is 0 Å². The molecule has 1 N–H and O–H groups in total. The molecule has 0 radical (unpaired) electrons. The van der Waals surface area contributed by atoms with Gasteiger partial charge in [0, 0.05) is 12.1 Å². The van der Waals surface area contributed by atoms with E-state index < -0.39 is 0 Å². The molecule has 0 aliphatic carbocycles. The van der Waals surface area contributed by atoms with Crippen molar-refractivity contribution in [3.05, 3.63) is 0 Å². The molecule has 0 aromatic rings. The normalized spacial score (nSPS) is 48.0. The Morgan fingerprint density at radius 3 is 2.25 bits per heavy atom. The molecular formula is C6H12NP. The fraction of sp³-hybridized carbons (Fsp3) is 1.00. The van der Waals surface area contributed by atoms with E-state index in [9.17, 15) is 0 Å². The zero-order valence-corrected chi connectivity index (χ0v) is 5.98. The fourth-order valence-corrected chi connectivity index (χ4v) is 3.16. The van der Waals surface area contributed by atoms with E-state index in [4.69, 9.17) is 0 Å². The molecule has 2 aliphatic heterocycles. The van der Waals surface area contributed by atoms with Crippen molar-refractivity contribution in [2.75, 3.05) is 12.3 Å². The zero-order chi connectivity index (χ0) is 5.40. The fourth-order valence-electron chi connectivity index (χ4n) is 1.66. The Labute approximate surface area is 52.0 Å². The second-order valence-electron chi connectivity index (χ2n) is 2.80. The van der Waals surface area contributed by atoms with Crippen molar-refractivity contribution in [2.45, 2.75) is 24.9 Å². The van der Waals surface area contributed by atoms with Crippen LogP contribution in [0.1, 0.15) is 12.8 Å². The highest BCUT2D eigenvalue weighted by Gasteiger charge is 2.26. The molecule has 2 heteroatoms. The van der Waals surface area contributed by atoms with E-state index in [1.54, 1.807) is 0 Å². The number of nitrogens with one attached hydrogen (secondary N) is 1. The van der Waals surface area contributed by atoms with Gasteiger partial charge in [0.1, 0.15) is 0 Å². The second-order valence-corrected chi connectivity index (χ2v) is 4.11. The average molecular weight is 129 g/mol. The van der Waals surface area contributed by atoms with Crippen molar-refractivity contribution in [1.29, 1.82) is 0 Å². The van der Waals surface area contributed by atoms with Gasteiger partial charge in [-0.25, -0.2) is 0 Å². The molecule has 2 unspecified atom stereocenters. The highest BCUT2D eigenvalue weighted by atomic mass is 31.1. The maximum absolute atomic E-state index is 3.60. The molecule has 2 rings (SSSR count). The number of hydrogen-bond donors (Lipinski definition) is 1. The van der Waals surface area contributed by atoms with Crippen molar-refractivity contribution < 1.29 is 0 Å². The molecule has 2 aliphatic rings. The van der Waals surface area contributed by atoms with E-state index >= 15 is 0 Å². The molecular weight excluding hydrogens is 117 g/mol. The molecule has 1 nitrogen and oxygen atoms in total. The molecule has 0 aromatic carbocycles. The first-order chi connectivity index (χ1) is 3.95. The molecule has 0 spiro atoms. The highest BCUT2D eigenvalue weighted by Crippen LogP contribution is 2.28. The first-order valence-electron chi connectivity index (χ1n) is 3.42. The van der Waals surface area contributed by atoms with Gasteiger partial charge in [0.05, 0.1) is 0 Å². The highest BCUT2D eigenvalue weighted by molar-refractivity contribution is 7.38. The molecule has 2 fully saturated rings. The Bertz CT molecular complexity index is 80.5. The minimum atomic E-state index is 0.923. The summed E-state index contributed by atoms with van der Waals surface area (Å²) in [6.45, 7) is 0. The van der Waals surface area contributed by atoms with E-state index in [1.807, 2.05) is 0 Å². The molecule has 2 atom stereocenters. The summed E-state index contributed by atoms with van der Waals surface area (Å²) in [6, 6.07) is 1.85. The zero-order valence-electron chi connectivity index (χ0n) is 4.98. The summed E-state index contributed by atoms with van der Waals surface area (Å²) in [4.78, 5) is 0. The summed E-state index contributed by atoms with van der Waals surface area (Å²) in [5.41, 5.74) is 0. The first kappa shape index (κ1) is 5.20. The first-order valence-corrected chi connectivity index (χ1v) is 4.83. The van der Waals surface area contributed by atoms with Crippen LogP contribution in [0.5, 0.6) is 0 Å². The standard InChI is InChI=1S/C6H12NP/c1-2-6-4-8-3-5(1)7-6/h5-8H,1-4H2. The van der Waals surface area contributed by atoms with Gasteiger partial charge >= 0.3 is 0 Å². The van der Waals surface area contributed by atoms with Gasteiger partial charge in [0.15, 0.2) is 0 Å². The van der Waals surface area contributed by atoms with Gasteiger partial charge in [-0.3, -0.25) is 0 Å². The lowest BCUT2D eigenvalue weighted by Crippen LogP contribution is -2.36. The second kappa shape index (κ2) is 1.97. The number of rotatable bonds is 0. The molecule has 2 saturated heterocycles. The Morgan fingerprint density at radius 1 is 1.12 bits per heavy atom. The SMILES string of the molecule is C1CC2CPCC1N2. The summed E-state index contributed by atoms with van der Waals surface area (Å²) in [7, 11) is 1.26. The minimum Gasteiger partial charge on any atom is -0.311 e. The van der Waals surface area contributed by atoms with E-state index in [0.717, 1.165) is 12.1 Å². The van der Waals surface area contributed by atoms with Crippen molar-refractivity contribution >= 4 is 8.58 Å². The molecule has 0 saturated carbocycles. The monoisotopic (exact) mass is 129 g/mol. The Hall–Kier alpha value is 0.390. The molecule has 0 aromatic heterocycles. The lowest BCUT2D eigenvalue weighted by Gasteiger charge is -2.19. The van der Waals surface area contributed by atoms with Gasteiger partial charge in [-0.05, 0) is 25.2 Å². The average Bonchev–Trinajstić information content (AvgIpc) is 2.12. The Kier molecular flexibility index (Phi) is 1.28. The van der Waals surface area contributed by atoms with Crippen LogP contribution in [0.3, 0.4) is 0 Å². The molecule has 2 heterocycles. The quantitative estimate of drug-likeness (QED) is 0.477. The topological polar surface area (TPSA) is 12.0 Å². The van der Waals surface area contributed by atoms with Gasteiger partial charge in [0.2, 0.25) is 0 Å². The van der Waals surface area contributed by atoms with E-state index in [-0.39, 0.29) is 0 Å². The Balaban J connectivity index is 2.03. The summed E-state index contributed by atoms with van der Waals surface area (Å²) in [6.07, 6.45) is 5.85. The predicted octanol–water partition coefficient (Wildman–Crippen LogP) is 0.799. The van der Waals surface area contributed by atoms with Crippen LogP contribution in [0.25, 0.3) is 0 Å². The largest absolute Gasteiger partial charge is 0.311 e. The van der Waals surface area contributed by atoms with Gasteiger partial charge in [-0.2, -0.15) is 0 Å². The number of hydrogen-bond acceptors (Lipinski definition) is 1. The smallest absolute Gasteiger partial charge is 0.0107 e. The van der Waals surface area contributed by atoms with Crippen molar-refractivity contribution in [1.82, 2.24) is 5.32 Å². The summed E-state index contributed by atoms with van der Waals surface area (Å²) in [5.74, 6) is 0. The van der Waals surface area contributed by atoms with Crippen LogP contribution in [0.4, 0.5) is 0 Å². The van der Waals surface area contributed by atoms with Gasteiger partial charge < -0.3 is 5.32 Å². The number of fused-ring (bicyclic) bond motifs is 2. The lowest BCUT2D eigenvalue weighted by atomic mass is 10.2. The van der Waals surface area contributed by atoms with Crippen LogP contribution in [-0.4, -0.2) is 24.4 Å². The van der Waals surface area contributed by atoms with Crippen LogP contribution in [0.15, 0.2) is 0 Å². The van der Waals surface area contributed by atoms with Gasteiger partial charge in [0.25, 0.3) is 0 Å². The third kappa shape index (κ3) is 0.784. The summed E-state index contributed by atoms with van der Waals surface area (Å²) >= 11 is 0.